The number of nitrogens with two attached hydrogens (primary N) is 1. The van der Waals surface area contributed by atoms with Crippen LogP contribution in [0, 0.1) is 0 Å². The van der Waals surface area contributed by atoms with Gasteiger partial charge in [-0.25, -0.2) is 4.98 Å². The summed E-state index contributed by atoms with van der Waals surface area (Å²) in [6.07, 6.45) is 0.931. The summed E-state index contributed by atoms with van der Waals surface area (Å²) in [5, 5.41) is 5.40. The highest BCUT2D eigenvalue weighted by atomic mass is 32.1. The van der Waals surface area contributed by atoms with Gasteiger partial charge in [0.15, 0.2) is 0 Å². The summed E-state index contributed by atoms with van der Waals surface area (Å²) >= 11 is 6.52. The van der Waals surface area contributed by atoms with Crippen molar-refractivity contribution in [1.82, 2.24) is 4.98 Å². The van der Waals surface area contributed by atoms with Gasteiger partial charge in [-0.05, 0) is 24.3 Å². The lowest BCUT2D eigenvalue weighted by Crippen LogP contribution is -2.09. The Morgan fingerprint density at radius 2 is 2.12 bits per heavy atom. The van der Waals surface area contributed by atoms with Crippen molar-refractivity contribution in [2.75, 3.05) is 11.9 Å². The molecule has 1 aromatic carbocycles. The minimum absolute atomic E-state index is 0.430. The number of hydrogen-bond acceptors (Lipinski definition) is 4. The maximum absolute atomic E-state index is 5.53. The zero-order valence-corrected chi connectivity index (χ0v) is 10.9. The quantitative estimate of drug-likeness (QED) is 0.814. The molecule has 0 bridgehead atoms. The second-order valence-electron chi connectivity index (χ2n) is 3.60. The van der Waals surface area contributed by atoms with Gasteiger partial charge in [0.25, 0.3) is 0 Å². The van der Waals surface area contributed by atoms with E-state index < -0.39 is 0 Å². The van der Waals surface area contributed by atoms with Gasteiger partial charge in [-0.1, -0.05) is 12.2 Å². The summed E-state index contributed by atoms with van der Waals surface area (Å²) in [4.78, 5) is 4.66. The van der Waals surface area contributed by atoms with Crippen LogP contribution in [0.5, 0.6) is 0 Å². The average molecular weight is 263 g/mol. The van der Waals surface area contributed by atoms with Crippen molar-refractivity contribution >= 4 is 34.2 Å². The van der Waals surface area contributed by atoms with Gasteiger partial charge in [0.05, 0.1) is 11.2 Å². The van der Waals surface area contributed by atoms with Gasteiger partial charge in [0, 0.05) is 29.6 Å². The van der Waals surface area contributed by atoms with Crippen LogP contribution in [0.4, 0.5) is 5.69 Å². The first-order chi connectivity index (χ1) is 8.25. The average Bonchev–Trinajstić information content (AvgIpc) is 2.83. The molecule has 0 radical (unpaired) electrons. The van der Waals surface area contributed by atoms with Crippen molar-refractivity contribution in [3.05, 3.63) is 46.4 Å². The molecule has 88 valence electrons. The predicted octanol–water partition coefficient (Wildman–Crippen LogP) is 2.43. The molecular formula is C12H13N3S2. The highest BCUT2D eigenvalue weighted by molar-refractivity contribution is 7.80. The number of thiocarbonyl (C=S) groups is 1. The van der Waals surface area contributed by atoms with Crippen molar-refractivity contribution in [1.29, 1.82) is 0 Å². The van der Waals surface area contributed by atoms with Gasteiger partial charge in [0.1, 0.15) is 4.99 Å². The van der Waals surface area contributed by atoms with E-state index in [1.807, 2.05) is 29.8 Å². The zero-order valence-electron chi connectivity index (χ0n) is 9.22. The van der Waals surface area contributed by atoms with Crippen LogP contribution in [0.25, 0.3) is 0 Å². The van der Waals surface area contributed by atoms with Crippen LogP contribution in [-0.2, 0) is 6.42 Å². The number of benzene rings is 1. The Hall–Kier alpha value is -1.46. The normalized spacial score (nSPS) is 10.1. The molecule has 0 aliphatic heterocycles. The first kappa shape index (κ1) is 12.0. The first-order valence-corrected chi connectivity index (χ1v) is 6.61. The number of nitrogens with zero attached hydrogens (tertiary/aromatic N) is 1. The van der Waals surface area contributed by atoms with Crippen LogP contribution >= 0.6 is 23.6 Å². The number of hydrogen-bond donors (Lipinski definition) is 2. The molecular weight excluding hydrogens is 250 g/mol. The largest absolute Gasteiger partial charge is 0.389 e. The van der Waals surface area contributed by atoms with E-state index >= 15 is 0 Å². The highest BCUT2D eigenvalue weighted by Crippen LogP contribution is 2.10. The van der Waals surface area contributed by atoms with Gasteiger partial charge in [-0.2, -0.15) is 0 Å². The molecule has 1 heterocycles. The van der Waals surface area contributed by atoms with E-state index in [2.05, 4.69) is 15.7 Å². The number of rotatable bonds is 5. The van der Waals surface area contributed by atoms with Crippen molar-refractivity contribution in [3.63, 3.8) is 0 Å². The van der Waals surface area contributed by atoms with Crippen LogP contribution < -0.4 is 11.1 Å². The summed E-state index contributed by atoms with van der Waals surface area (Å²) in [5.74, 6) is 0. The predicted molar refractivity (Wildman–Crippen MR) is 76.6 cm³/mol. The maximum atomic E-state index is 5.53. The molecule has 0 fully saturated rings. The fourth-order valence-electron chi connectivity index (χ4n) is 1.45. The van der Waals surface area contributed by atoms with E-state index in [0.717, 1.165) is 29.9 Å². The lowest BCUT2D eigenvalue weighted by atomic mass is 10.2. The van der Waals surface area contributed by atoms with Crippen LogP contribution in [0.3, 0.4) is 0 Å². The molecule has 3 N–H and O–H groups in total. The Morgan fingerprint density at radius 1 is 1.35 bits per heavy atom. The third kappa shape index (κ3) is 3.51. The second-order valence-corrected chi connectivity index (χ2v) is 4.76. The minimum atomic E-state index is 0.430. The zero-order chi connectivity index (χ0) is 12.1. The van der Waals surface area contributed by atoms with E-state index in [0.29, 0.717) is 4.99 Å². The summed E-state index contributed by atoms with van der Waals surface area (Å²) in [7, 11) is 0. The van der Waals surface area contributed by atoms with Crippen LogP contribution in [0.2, 0.25) is 0 Å². The van der Waals surface area contributed by atoms with E-state index in [-0.39, 0.29) is 0 Å². The number of anilines is 1. The van der Waals surface area contributed by atoms with Crippen LogP contribution in [-0.4, -0.2) is 16.5 Å². The van der Waals surface area contributed by atoms with Gasteiger partial charge < -0.3 is 11.1 Å². The van der Waals surface area contributed by atoms with Crippen molar-refractivity contribution in [2.45, 2.75) is 6.42 Å². The molecule has 2 rings (SSSR count). The Labute approximate surface area is 110 Å². The van der Waals surface area contributed by atoms with Gasteiger partial charge in [0.2, 0.25) is 0 Å². The SMILES string of the molecule is NC(=S)c1ccc(NCCc2cscn2)cc1. The third-order valence-corrected chi connectivity index (χ3v) is 3.23. The number of aromatic nitrogens is 1. The molecule has 2 aromatic rings. The Kier molecular flexibility index (Phi) is 4.06. The Balaban J connectivity index is 1.85. The lowest BCUT2D eigenvalue weighted by Gasteiger charge is -2.06. The fourth-order valence-corrected chi connectivity index (χ4v) is 2.18. The number of thiazole rings is 1. The molecule has 0 saturated carbocycles. The molecule has 0 aliphatic carbocycles. The molecule has 17 heavy (non-hydrogen) atoms. The van der Waals surface area contributed by atoms with Crippen molar-refractivity contribution in [3.8, 4) is 0 Å². The standard InChI is InChI=1S/C12H13N3S2/c13-12(16)9-1-3-10(4-2-9)14-6-5-11-7-17-8-15-11/h1-4,7-8,14H,5-6H2,(H2,13,16). The molecule has 0 amide bonds. The first-order valence-electron chi connectivity index (χ1n) is 5.26. The van der Waals surface area contributed by atoms with Gasteiger partial charge >= 0.3 is 0 Å². The Bertz CT molecular complexity index is 477. The number of nitrogens with one attached hydrogen (secondary N) is 1. The van der Waals surface area contributed by atoms with E-state index in [4.69, 9.17) is 18.0 Å². The molecule has 5 heteroatoms. The van der Waals surface area contributed by atoms with Crippen molar-refractivity contribution in [2.24, 2.45) is 5.73 Å². The molecule has 1 aromatic heterocycles. The van der Waals surface area contributed by atoms with E-state index in [9.17, 15) is 0 Å². The topological polar surface area (TPSA) is 50.9 Å². The minimum Gasteiger partial charge on any atom is -0.389 e. The van der Waals surface area contributed by atoms with Crippen molar-refractivity contribution < 1.29 is 0 Å². The molecule has 0 atom stereocenters. The summed E-state index contributed by atoms with van der Waals surface area (Å²) in [6, 6.07) is 7.81. The monoisotopic (exact) mass is 263 g/mol. The summed E-state index contributed by atoms with van der Waals surface area (Å²) in [5.41, 5.74) is 10.5. The molecule has 0 unspecified atom stereocenters. The maximum Gasteiger partial charge on any atom is 0.103 e. The van der Waals surface area contributed by atoms with E-state index in [1.54, 1.807) is 11.3 Å². The Morgan fingerprint density at radius 3 is 2.71 bits per heavy atom. The summed E-state index contributed by atoms with van der Waals surface area (Å²) in [6.45, 7) is 0.871. The van der Waals surface area contributed by atoms with Gasteiger partial charge in [-0.3, -0.25) is 0 Å². The molecule has 0 aliphatic rings. The van der Waals surface area contributed by atoms with Gasteiger partial charge in [-0.15, -0.1) is 11.3 Å². The molecule has 0 saturated heterocycles. The second kappa shape index (κ2) is 5.75. The fraction of sp³-hybridized carbons (Fsp3) is 0.167. The van der Waals surface area contributed by atoms with Crippen LogP contribution in [0.15, 0.2) is 35.2 Å². The third-order valence-electron chi connectivity index (χ3n) is 2.36. The molecule has 3 nitrogen and oxygen atoms in total. The summed E-state index contributed by atoms with van der Waals surface area (Å²) < 4.78 is 0. The smallest absolute Gasteiger partial charge is 0.103 e. The van der Waals surface area contributed by atoms with E-state index in [1.165, 1.54) is 0 Å². The lowest BCUT2D eigenvalue weighted by molar-refractivity contribution is 0.977. The molecule has 0 spiro atoms. The van der Waals surface area contributed by atoms with Crippen LogP contribution in [0.1, 0.15) is 11.3 Å². The highest BCUT2D eigenvalue weighted by Gasteiger charge is 1.97.